The van der Waals surface area contributed by atoms with Crippen LogP contribution < -0.4 is 0 Å². The number of nitrogens with zero attached hydrogens (tertiary/aromatic N) is 4. The molecule has 6 nitrogen and oxygen atoms in total. The number of amides is 1. The van der Waals surface area contributed by atoms with Gasteiger partial charge < -0.3 is 14.2 Å². The van der Waals surface area contributed by atoms with E-state index in [2.05, 4.69) is 32.8 Å². The summed E-state index contributed by atoms with van der Waals surface area (Å²) in [5.74, 6) is 0.171. The average Bonchev–Trinajstić information content (AvgIpc) is 3.10. The highest BCUT2D eigenvalue weighted by Crippen LogP contribution is 2.21. The van der Waals surface area contributed by atoms with Crippen LogP contribution in [0.1, 0.15) is 17.5 Å². The van der Waals surface area contributed by atoms with Crippen LogP contribution in [0, 0.1) is 0 Å². The minimum absolute atomic E-state index is 0.171. The van der Waals surface area contributed by atoms with Crippen molar-refractivity contribution in [2.45, 2.75) is 19.4 Å². The predicted molar refractivity (Wildman–Crippen MR) is 118 cm³/mol. The van der Waals surface area contributed by atoms with E-state index < -0.39 is 0 Å². The van der Waals surface area contributed by atoms with E-state index in [0.717, 1.165) is 67.8 Å². The normalized spacial score (nSPS) is 14.8. The largest absolute Gasteiger partial charge is 0.379 e. The number of carbonyl (C=O) groups excluding carboxylic acids is 1. The van der Waals surface area contributed by atoms with E-state index in [-0.39, 0.29) is 5.91 Å². The lowest BCUT2D eigenvalue weighted by molar-refractivity contribution is -0.131. The van der Waals surface area contributed by atoms with Crippen molar-refractivity contribution in [1.29, 1.82) is 0 Å². The van der Waals surface area contributed by atoms with Gasteiger partial charge in [-0.15, -0.1) is 0 Å². The number of carbonyl (C=O) groups is 1. The molecule has 0 N–H and O–H groups in total. The van der Waals surface area contributed by atoms with Crippen LogP contribution in [0.3, 0.4) is 0 Å². The highest BCUT2D eigenvalue weighted by Gasteiger charge is 2.18. The van der Waals surface area contributed by atoms with E-state index in [1.165, 1.54) is 0 Å². The molecule has 0 radical (unpaired) electrons. The van der Waals surface area contributed by atoms with Crippen LogP contribution >= 0.6 is 0 Å². The highest BCUT2D eigenvalue weighted by molar-refractivity contribution is 5.89. The van der Waals surface area contributed by atoms with Crippen molar-refractivity contribution in [1.82, 2.24) is 19.4 Å². The number of morpholine rings is 1. The third-order valence-corrected chi connectivity index (χ3v) is 5.80. The van der Waals surface area contributed by atoms with Gasteiger partial charge in [0.05, 0.1) is 19.6 Å². The van der Waals surface area contributed by atoms with Gasteiger partial charge >= 0.3 is 0 Å². The second-order valence-electron chi connectivity index (χ2n) is 7.94. The average molecular weight is 407 g/mol. The van der Waals surface area contributed by atoms with Crippen molar-refractivity contribution in [2.75, 3.05) is 39.4 Å². The monoisotopic (exact) mass is 406 g/mol. The third kappa shape index (κ3) is 5.07. The molecule has 0 saturated carbocycles. The van der Waals surface area contributed by atoms with Crippen LogP contribution in [0.15, 0.2) is 55.0 Å². The Morgan fingerprint density at radius 1 is 1.13 bits per heavy atom. The van der Waals surface area contributed by atoms with Crippen molar-refractivity contribution in [3.63, 3.8) is 0 Å². The molecule has 0 atom stereocenters. The van der Waals surface area contributed by atoms with Crippen LogP contribution in [-0.4, -0.2) is 64.7 Å². The minimum atomic E-state index is 0.171. The van der Waals surface area contributed by atoms with Crippen molar-refractivity contribution >= 4 is 16.8 Å². The summed E-state index contributed by atoms with van der Waals surface area (Å²) >= 11 is 0. The summed E-state index contributed by atoms with van der Waals surface area (Å²) in [7, 11) is 2.04. The molecule has 2 aromatic heterocycles. The molecule has 4 rings (SSSR count). The molecule has 6 heteroatoms. The number of fused-ring (bicyclic) bond motifs is 1. The molecule has 158 valence electrons. The van der Waals surface area contributed by atoms with E-state index in [9.17, 15) is 4.79 Å². The fraction of sp³-hybridized carbons (Fsp3) is 0.417. The molecule has 0 bridgehead atoms. The van der Waals surface area contributed by atoms with Gasteiger partial charge in [0.25, 0.3) is 0 Å². The Kier molecular flexibility index (Phi) is 6.77. The molecule has 1 aromatic carbocycles. The van der Waals surface area contributed by atoms with Crippen LogP contribution in [0.2, 0.25) is 0 Å². The van der Waals surface area contributed by atoms with Gasteiger partial charge in [0, 0.05) is 69.3 Å². The molecule has 3 heterocycles. The first kappa shape index (κ1) is 20.6. The maximum atomic E-state index is 13.3. The Balaban J connectivity index is 1.45. The van der Waals surface area contributed by atoms with Gasteiger partial charge in [0.2, 0.25) is 5.91 Å². The number of hydrogen-bond acceptors (Lipinski definition) is 4. The molecule has 3 aromatic rings. The summed E-state index contributed by atoms with van der Waals surface area (Å²) in [6.07, 6.45) is 7.05. The van der Waals surface area contributed by atoms with Gasteiger partial charge in [-0.05, 0) is 35.7 Å². The van der Waals surface area contributed by atoms with Crippen LogP contribution in [0.4, 0.5) is 0 Å². The summed E-state index contributed by atoms with van der Waals surface area (Å²) in [4.78, 5) is 21.8. The number of aromatic nitrogens is 2. The summed E-state index contributed by atoms with van der Waals surface area (Å²) in [5.41, 5.74) is 3.36. The second-order valence-corrected chi connectivity index (χ2v) is 7.94. The van der Waals surface area contributed by atoms with Gasteiger partial charge in [-0.25, -0.2) is 0 Å². The number of rotatable bonds is 8. The van der Waals surface area contributed by atoms with Gasteiger partial charge in [-0.1, -0.05) is 18.2 Å². The first-order valence-corrected chi connectivity index (χ1v) is 10.7. The van der Waals surface area contributed by atoms with Crippen LogP contribution in [0.25, 0.3) is 10.9 Å². The number of hydrogen-bond donors (Lipinski definition) is 0. The molecular formula is C24H30N4O2. The summed E-state index contributed by atoms with van der Waals surface area (Å²) in [6, 6.07) is 12.2. The molecule has 0 spiro atoms. The first-order chi connectivity index (χ1) is 14.7. The van der Waals surface area contributed by atoms with Crippen molar-refractivity contribution < 1.29 is 9.53 Å². The number of para-hydroxylation sites is 1. The van der Waals surface area contributed by atoms with E-state index in [4.69, 9.17) is 4.74 Å². The highest BCUT2D eigenvalue weighted by atomic mass is 16.5. The van der Waals surface area contributed by atoms with Gasteiger partial charge in [0.1, 0.15) is 0 Å². The Morgan fingerprint density at radius 2 is 1.90 bits per heavy atom. The quantitative estimate of drug-likeness (QED) is 0.577. The van der Waals surface area contributed by atoms with E-state index in [1.807, 2.05) is 36.2 Å². The molecule has 30 heavy (non-hydrogen) atoms. The lowest BCUT2D eigenvalue weighted by atomic mass is 10.1. The SMILES string of the molecule is Cn1cc(CC(=O)N(CCCN2CCOCC2)Cc2ccncc2)c2ccccc21. The summed E-state index contributed by atoms with van der Waals surface area (Å²) in [6.45, 7) is 5.94. The molecule has 0 aliphatic carbocycles. The second kappa shape index (κ2) is 9.87. The van der Waals surface area contributed by atoms with E-state index in [0.29, 0.717) is 13.0 Å². The van der Waals surface area contributed by atoms with Gasteiger partial charge in [0.15, 0.2) is 0 Å². The molecule has 0 unspecified atom stereocenters. The minimum Gasteiger partial charge on any atom is -0.379 e. The fourth-order valence-corrected chi connectivity index (χ4v) is 4.15. The molecule has 1 aliphatic heterocycles. The number of benzene rings is 1. The van der Waals surface area contributed by atoms with Crippen LogP contribution in [0.5, 0.6) is 0 Å². The van der Waals surface area contributed by atoms with Gasteiger partial charge in [-0.3, -0.25) is 14.7 Å². The fourth-order valence-electron chi connectivity index (χ4n) is 4.15. The van der Waals surface area contributed by atoms with Crippen molar-refractivity contribution in [3.8, 4) is 0 Å². The Morgan fingerprint density at radius 3 is 2.70 bits per heavy atom. The van der Waals surface area contributed by atoms with Crippen molar-refractivity contribution in [3.05, 3.63) is 66.1 Å². The Hall–Kier alpha value is -2.70. The number of ether oxygens (including phenoxy) is 1. The van der Waals surface area contributed by atoms with Gasteiger partial charge in [-0.2, -0.15) is 0 Å². The zero-order chi connectivity index (χ0) is 20.8. The third-order valence-electron chi connectivity index (χ3n) is 5.80. The number of pyridine rings is 1. The summed E-state index contributed by atoms with van der Waals surface area (Å²) < 4.78 is 7.53. The predicted octanol–water partition coefficient (Wildman–Crippen LogP) is 2.87. The maximum Gasteiger partial charge on any atom is 0.227 e. The van der Waals surface area contributed by atoms with Crippen LogP contribution in [-0.2, 0) is 29.5 Å². The maximum absolute atomic E-state index is 13.3. The zero-order valence-electron chi connectivity index (χ0n) is 17.7. The van der Waals surface area contributed by atoms with Crippen molar-refractivity contribution in [2.24, 2.45) is 7.05 Å². The standard InChI is InChI=1S/C24H30N4O2/c1-26-19-21(22-5-2-3-6-23(22)26)17-24(29)28(18-20-7-9-25-10-8-20)12-4-11-27-13-15-30-16-14-27/h2-3,5-10,19H,4,11-18H2,1H3. The smallest absolute Gasteiger partial charge is 0.227 e. The molecular weight excluding hydrogens is 376 g/mol. The lowest BCUT2D eigenvalue weighted by Crippen LogP contribution is -2.39. The Labute approximate surface area is 178 Å². The Bertz CT molecular complexity index is 964. The topological polar surface area (TPSA) is 50.6 Å². The van der Waals surface area contributed by atoms with E-state index >= 15 is 0 Å². The number of aryl methyl sites for hydroxylation is 1. The lowest BCUT2D eigenvalue weighted by Gasteiger charge is -2.28. The summed E-state index contributed by atoms with van der Waals surface area (Å²) in [5, 5.41) is 1.16. The first-order valence-electron chi connectivity index (χ1n) is 10.7. The zero-order valence-corrected chi connectivity index (χ0v) is 17.7. The van der Waals surface area contributed by atoms with E-state index in [1.54, 1.807) is 12.4 Å². The molecule has 1 fully saturated rings. The molecule has 1 amide bonds. The molecule has 1 aliphatic rings. The molecule has 1 saturated heterocycles.